The number of ketones is 2. The maximum absolute atomic E-state index is 12.5. The van der Waals surface area contributed by atoms with Gasteiger partial charge in [0, 0.05) is 10.8 Å². The zero-order valence-electron chi connectivity index (χ0n) is 15.8. The number of carbonyl (C=O) groups is 2. The van der Waals surface area contributed by atoms with E-state index in [-0.39, 0.29) is 23.0 Å². The summed E-state index contributed by atoms with van der Waals surface area (Å²) in [5, 5.41) is 20.9. The van der Waals surface area contributed by atoms with Gasteiger partial charge in [0.15, 0.2) is 11.6 Å². The molecule has 0 aromatic carbocycles. The summed E-state index contributed by atoms with van der Waals surface area (Å²) in [6, 6.07) is 0. The van der Waals surface area contributed by atoms with Crippen LogP contribution in [0, 0.1) is 28.6 Å². The average molecular weight is 356 g/mol. The first kappa shape index (κ1) is 17.9. The van der Waals surface area contributed by atoms with Crippen molar-refractivity contribution in [3.05, 3.63) is 35.5 Å². The van der Waals surface area contributed by atoms with E-state index in [1.54, 1.807) is 12.2 Å². The number of hydrogen-bond acceptors (Lipinski definition) is 4. The van der Waals surface area contributed by atoms with Crippen LogP contribution in [-0.2, 0) is 9.59 Å². The number of aliphatic hydroxyl groups is 2. The van der Waals surface area contributed by atoms with Crippen LogP contribution in [0.2, 0.25) is 0 Å². The molecule has 0 radical (unpaired) electrons. The number of aliphatic hydroxyl groups excluding tert-OH is 1. The molecule has 4 nitrogen and oxygen atoms in total. The second-order valence-electron chi connectivity index (χ2n) is 9.12. The molecule has 0 bridgehead atoms. The summed E-state index contributed by atoms with van der Waals surface area (Å²) in [6.07, 6.45) is 10.9. The molecule has 0 aliphatic heterocycles. The van der Waals surface area contributed by atoms with Crippen LogP contribution in [0.5, 0.6) is 0 Å². The second-order valence-corrected chi connectivity index (χ2v) is 9.12. The van der Waals surface area contributed by atoms with Crippen molar-refractivity contribution in [2.24, 2.45) is 28.6 Å². The van der Waals surface area contributed by atoms with E-state index in [0.29, 0.717) is 12.3 Å². The van der Waals surface area contributed by atoms with E-state index >= 15 is 0 Å². The fourth-order valence-corrected chi connectivity index (χ4v) is 6.58. The van der Waals surface area contributed by atoms with Crippen LogP contribution in [-0.4, -0.2) is 34.0 Å². The minimum atomic E-state index is -1.47. The molecule has 0 heterocycles. The van der Waals surface area contributed by atoms with Crippen LogP contribution in [0.25, 0.3) is 0 Å². The van der Waals surface area contributed by atoms with E-state index in [9.17, 15) is 19.8 Å². The van der Waals surface area contributed by atoms with Gasteiger partial charge < -0.3 is 10.2 Å². The van der Waals surface area contributed by atoms with Gasteiger partial charge >= 0.3 is 0 Å². The van der Waals surface area contributed by atoms with E-state index in [4.69, 9.17) is 0 Å². The Hall–Kier alpha value is -1.52. The van der Waals surface area contributed by atoms with E-state index in [2.05, 4.69) is 13.0 Å². The summed E-state index contributed by atoms with van der Waals surface area (Å²) in [7, 11) is 0. The molecule has 140 valence electrons. The molecule has 0 aromatic heterocycles. The average Bonchev–Trinajstić information content (AvgIpc) is 2.83. The molecule has 2 saturated carbocycles. The third kappa shape index (κ3) is 1.97. The normalized spacial score (nSPS) is 46.8. The molecule has 4 aliphatic carbocycles. The fraction of sp³-hybridized carbons (Fsp3) is 0.636. The van der Waals surface area contributed by atoms with Gasteiger partial charge in [0.2, 0.25) is 0 Å². The van der Waals surface area contributed by atoms with Crippen LogP contribution < -0.4 is 0 Å². The highest BCUT2D eigenvalue weighted by molar-refractivity contribution is 6.01. The van der Waals surface area contributed by atoms with Crippen molar-refractivity contribution in [2.75, 3.05) is 6.61 Å². The Bertz CT molecular complexity index is 775. The molecule has 2 fully saturated rings. The molecule has 2 N–H and O–H groups in total. The van der Waals surface area contributed by atoms with Gasteiger partial charge in [-0.3, -0.25) is 9.59 Å². The molecule has 0 aromatic rings. The topological polar surface area (TPSA) is 74.6 Å². The molecule has 4 heteroatoms. The summed E-state index contributed by atoms with van der Waals surface area (Å²) in [5.41, 5.74) is 0.289. The molecule has 6 atom stereocenters. The van der Waals surface area contributed by atoms with Crippen LogP contribution in [0.15, 0.2) is 35.5 Å². The van der Waals surface area contributed by atoms with Gasteiger partial charge in [-0.1, -0.05) is 37.1 Å². The SMILES string of the molecule is C[C@@H]1C[C@@H]2[C@@H]3CCC4=CC(=O)C=C[C@]4(C)C3=CC[C@]2(C)[C@@]1(O)C(=O)CO. The van der Waals surface area contributed by atoms with Crippen LogP contribution in [0.3, 0.4) is 0 Å². The van der Waals surface area contributed by atoms with Gasteiger partial charge in [-0.05, 0) is 62.5 Å². The maximum atomic E-state index is 12.5. The number of rotatable bonds is 2. The first-order valence-electron chi connectivity index (χ1n) is 9.70. The van der Waals surface area contributed by atoms with E-state index in [0.717, 1.165) is 19.3 Å². The number of fused-ring (bicyclic) bond motifs is 5. The highest BCUT2D eigenvalue weighted by Gasteiger charge is 2.66. The number of Topliss-reactive ketones (excluding diaryl/α,β-unsaturated/α-hetero) is 1. The fourth-order valence-electron chi connectivity index (χ4n) is 6.58. The largest absolute Gasteiger partial charge is 0.388 e. The monoisotopic (exact) mass is 356 g/mol. The van der Waals surface area contributed by atoms with Gasteiger partial charge in [0.25, 0.3) is 0 Å². The van der Waals surface area contributed by atoms with Crippen molar-refractivity contribution in [1.82, 2.24) is 0 Å². The van der Waals surface area contributed by atoms with Gasteiger partial charge in [0.05, 0.1) is 0 Å². The van der Waals surface area contributed by atoms with E-state index < -0.39 is 23.4 Å². The Labute approximate surface area is 154 Å². The van der Waals surface area contributed by atoms with Crippen molar-refractivity contribution in [2.45, 2.75) is 52.1 Å². The highest BCUT2D eigenvalue weighted by atomic mass is 16.3. The quantitative estimate of drug-likeness (QED) is 0.746. The number of hydrogen-bond donors (Lipinski definition) is 2. The lowest BCUT2D eigenvalue weighted by molar-refractivity contribution is -0.161. The molecule has 4 rings (SSSR count). The van der Waals surface area contributed by atoms with Crippen molar-refractivity contribution < 1.29 is 19.8 Å². The first-order valence-corrected chi connectivity index (χ1v) is 9.70. The summed E-state index contributed by atoms with van der Waals surface area (Å²) >= 11 is 0. The second kappa shape index (κ2) is 5.49. The number of allylic oxidation sites excluding steroid dienone is 6. The van der Waals surface area contributed by atoms with Gasteiger partial charge in [-0.25, -0.2) is 0 Å². The molecule has 26 heavy (non-hydrogen) atoms. The molecule has 0 unspecified atom stereocenters. The molecule has 4 aliphatic rings. The smallest absolute Gasteiger partial charge is 0.190 e. The predicted octanol–water partition coefficient (Wildman–Crippen LogP) is 2.75. The van der Waals surface area contributed by atoms with Crippen molar-refractivity contribution in [3.63, 3.8) is 0 Å². The van der Waals surface area contributed by atoms with Crippen molar-refractivity contribution >= 4 is 11.6 Å². The third-order valence-corrected chi connectivity index (χ3v) is 8.10. The van der Waals surface area contributed by atoms with E-state index in [1.165, 1.54) is 11.1 Å². The molecule has 0 spiro atoms. The van der Waals surface area contributed by atoms with Crippen LogP contribution >= 0.6 is 0 Å². The minimum Gasteiger partial charge on any atom is -0.388 e. The summed E-state index contributed by atoms with van der Waals surface area (Å²) < 4.78 is 0. The van der Waals surface area contributed by atoms with E-state index in [1.807, 2.05) is 19.9 Å². The summed E-state index contributed by atoms with van der Waals surface area (Å²) in [5.74, 6) is -0.0376. The van der Waals surface area contributed by atoms with Gasteiger partial charge in [0.1, 0.15) is 12.2 Å². The number of carbonyl (C=O) groups excluding carboxylic acids is 2. The predicted molar refractivity (Wildman–Crippen MR) is 98.2 cm³/mol. The first-order chi connectivity index (χ1) is 12.2. The lowest BCUT2D eigenvalue weighted by atomic mass is 9.51. The zero-order valence-corrected chi connectivity index (χ0v) is 15.8. The lowest BCUT2D eigenvalue weighted by Crippen LogP contribution is -2.57. The standard InChI is InChI=1S/C22H28O4/c1-13-10-18-16-5-4-14-11-15(24)6-8-20(14,2)17(16)7-9-21(18,3)22(13,26)19(25)12-23/h6-8,11,13,16,18,23,26H,4-5,9-10,12H2,1-3H3/t13-,16-,18-,20+,21+,22+/m1/s1. The molecule has 0 saturated heterocycles. The Morgan fingerprint density at radius 1 is 1.35 bits per heavy atom. The van der Waals surface area contributed by atoms with Crippen molar-refractivity contribution in [1.29, 1.82) is 0 Å². The lowest BCUT2D eigenvalue weighted by Gasteiger charge is -2.53. The van der Waals surface area contributed by atoms with Crippen LogP contribution in [0.1, 0.15) is 46.5 Å². The maximum Gasteiger partial charge on any atom is 0.190 e. The zero-order chi connectivity index (χ0) is 18.9. The molecular weight excluding hydrogens is 328 g/mol. The van der Waals surface area contributed by atoms with Gasteiger partial charge in [-0.2, -0.15) is 0 Å². The third-order valence-electron chi connectivity index (χ3n) is 8.10. The highest BCUT2D eigenvalue weighted by Crippen LogP contribution is 2.66. The minimum absolute atomic E-state index is 0.0644. The Morgan fingerprint density at radius 3 is 2.77 bits per heavy atom. The molecular formula is C22H28O4. The Kier molecular flexibility index (Phi) is 3.78. The van der Waals surface area contributed by atoms with Crippen molar-refractivity contribution in [3.8, 4) is 0 Å². The Balaban J connectivity index is 1.79. The Morgan fingerprint density at radius 2 is 2.08 bits per heavy atom. The van der Waals surface area contributed by atoms with Crippen LogP contribution in [0.4, 0.5) is 0 Å². The summed E-state index contributed by atoms with van der Waals surface area (Å²) in [4.78, 5) is 24.3. The van der Waals surface area contributed by atoms with Gasteiger partial charge in [-0.15, -0.1) is 0 Å². The molecule has 0 amide bonds. The summed E-state index contributed by atoms with van der Waals surface area (Å²) in [6.45, 7) is 5.54.